The van der Waals surface area contributed by atoms with E-state index in [1.807, 2.05) is 53.4 Å². The summed E-state index contributed by atoms with van der Waals surface area (Å²) in [6.45, 7) is 7.32. The van der Waals surface area contributed by atoms with Crippen LogP contribution in [-0.2, 0) is 29.3 Å². The second-order valence-electron chi connectivity index (χ2n) is 11.1. The second-order valence-corrected chi connectivity index (χ2v) is 11.1. The molecule has 0 radical (unpaired) electrons. The molecule has 2 fully saturated rings. The van der Waals surface area contributed by atoms with Crippen LogP contribution in [0.15, 0.2) is 79.0 Å². The van der Waals surface area contributed by atoms with Crippen LogP contribution in [0.4, 0.5) is 0 Å². The fourth-order valence-electron chi connectivity index (χ4n) is 5.66. The number of ether oxygens (including phenoxy) is 1. The van der Waals surface area contributed by atoms with Crippen molar-refractivity contribution < 1.29 is 14.3 Å². The maximum absolute atomic E-state index is 13.7. The highest BCUT2D eigenvalue weighted by Gasteiger charge is 2.53. The molecule has 1 aromatic heterocycles. The SMILES string of the molecule is CC(C)CC1NC(=O)C2(CCN(Cc3ccc(OCc4ccccc4)cc3)CC2)N(Cc2ccccn2)C1=O. The number of likely N-dealkylation sites (tertiary alicyclic amines) is 1. The molecule has 39 heavy (non-hydrogen) atoms. The zero-order valence-corrected chi connectivity index (χ0v) is 22.9. The van der Waals surface area contributed by atoms with Crippen molar-refractivity contribution in [3.05, 3.63) is 95.8 Å². The van der Waals surface area contributed by atoms with Gasteiger partial charge in [-0.05, 0) is 60.6 Å². The molecule has 1 N–H and O–H groups in total. The van der Waals surface area contributed by atoms with Gasteiger partial charge in [0.25, 0.3) is 0 Å². The fourth-order valence-corrected chi connectivity index (χ4v) is 5.66. The molecular formula is C32H38N4O3. The van der Waals surface area contributed by atoms with Crippen molar-refractivity contribution in [1.82, 2.24) is 20.1 Å². The van der Waals surface area contributed by atoms with Crippen LogP contribution >= 0.6 is 0 Å². The number of piperazine rings is 1. The minimum absolute atomic E-state index is 0.00787. The number of rotatable bonds is 9. The molecule has 1 unspecified atom stereocenters. The molecule has 3 heterocycles. The predicted octanol–water partition coefficient (Wildman–Crippen LogP) is 4.57. The molecule has 1 spiro atoms. The molecule has 3 aromatic rings. The van der Waals surface area contributed by atoms with Crippen molar-refractivity contribution in [2.75, 3.05) is 13.1 Å². The van der Waals surface area contributed by atoms with E-state index >= 15 is 0 Å². The van der Waals surface area contributed by atoms with E-state index in [9.17, 15) is 9.59 Å². The van der Waals surface area contributed by atoms with Gasteiger partial charge in [-0.25, -0.2) is 0 Å². The number of carbonyl (C=O) groups is 2. The van der Waals surface area contributed by atoms with E-state index in [0.717, 1.165) is 36.6 Å². The third kappa shape index (κ3) is 6.31. The van der Waals surface area contributed by atoms with E-state index in [1.54, 1.807) is 6.20 Å². The first-order valence-electron chi connectivity index (χ1n) is 13.9. The third-order valence-electron chi connectivity index (χ3n) is 7.82. The highest BCUT2D eigenvalue weighted by Crippen LogP contribution is 2.35. The molecule has 0 saturated carbocycles. The van der Waals surface area contributed by atoms with Crippen LogP contribution in [0.5, 0.6) is 5.75 Å². The number of hydrogen-bond donors (Lipinski definition) is 1. The van der Waals surface area contributed by atoms with Gasteiger partial charge >= 0.3 is 0 Å². The number of hydrogen-bond acceptors (Lipinski definition) is 5. The molecule has 7 heteroatoms. The molecule has 204 valence electrons. The summed E-state index contributed by atoms with van der Waals surface area (Å²) < 4.78 is 5.93. The molecule has 2 amide bonds. The highest BCUT2D eigenvalue weighted by molar-refractivity contribution is 6.00. The van der Waals surface area contributed by atoms with E-state index in [4.69, 9.17) is 4.74 Å². The largest absolute Gasteiger partial charge is 0.489 e. The van der Waals surface area contributed by atoms with E-state index < -0.39 is 11.6 Å². The second kappa shape index (κ2) is 12.0. The van der Waals surface area contributed by atoms with Gasteiger partial charge in [0.05, 0.1) is 12.2 Å². The molecule has 5 rings (SSSR count). The van der Waals surface area contributed by atoms with Gasteiger partial charge in [-0.2, -0.15) is 0 Å². The first-order chi connectivity index (χ1) is 18.9. The Hall–Kier alpha value is -3.71. The minimum Gasteiger partial charge on any atom is -0.489 e. The first-order valence-corrected chi connectivity index (χ1v) is 13.9. The van der Waals surface area contributed by atoms with Crippen LogP contribution in [0.25, 0.3) is 0 Å². The topological polar surface area (TPSA) is 74.8 Å². The van der Waals surface area contributed by atoms with Crippen molar-refractivity contribution in [3.63, 3.8) is 0 Å². The average Bonchev–Trinajstić information content (AvgIpc) is 2.95. The number of amides is 2. The van der Waals surface area contributed by atoms with E-state index in [0.29, 0.717) is 38.3 Å². The summed E-state index contributed by atoms with van der Waals surface area (Å²) in [6, 6.07) is 23.6. The molecule has 2 saturated heterocycles. The summed E-state index contributed by atoms with van der Waals surface area (Å²) in [7, 11) is 0. The number of nitrogens with one attached hydrogen (secondary N) is 1. The van der Waals surface area contributed by atoms with Crippen LogP contribution in [0, 0.1) is 5.92 Å². The van der Waals surface area contributed by atoms with Crippen LogP contribution in [-0.4, -0.2) is 51.3 Å². The fraction of sp³-hybridized carbons (Fsp3) is 0.406. The first kappa shape index (κ1) is 26.9. The van der Waals surface area contributed by atoms with Gasteiger partial charge in [-0.15, -0.1) is 0 Å². The van der Waals surface area contributed by atoms with Gasteiger partial charge in [0, 0.05) is 25.8 Å². The average molecular weight is 527 g/mol. The lowest BCUT2D eigenvalue weighted by atomic mass is 9.80. The number of nitrogens with zero attached hydrogens (tertiary/aromatic N) is 3. The van der Waals surface area contributed by atoms with Crippen LogP contribution in [0.2, 0.25) is 0 Å². The summed E-state index contributed by atoms with van der Waals surface area (Å²) in [4.78, 5) is 36.0. The van der Waals surface area contributed by atoms with Crippen molar-refractivity contribution >= 4 is 11.8 Å². The minimum atomic E-state index is -0.840. The van der Waals surface area contributed by atoms with Crippen LogP contribution < -0.4 is 10.1 Å². The lowest BCUT2D eigenvalue weighted by Crippen LogP contribution is -2.72. The summed E-state index contributed by atoms with van der Waals surface area (Å²) >= 11 is 0. The van der Waals surface area contributed by atoms with E-state index in [-0.39, 0.29) is 11.8 Å². The maximum atomic E-state index is 13.7. The Bertz CT molecular complexity index is 1240. The Morgan fingerprint density at radius 3 is 2.31 bits per heavy atom. The molecule has 7 nitrogen and oxygen atoms in total. The number of piperidine rings is 1. The molecule has 1 atom stereocenters. The quantitative estimate of drug-likeness (QED) is 0.442. The third-order valence-corrected chi connectivity index (χ3v) is 7.82. The molecular weight excluding hydrogens is 488 g/mol. The van der Waals surface area contributed by atoms with Crippen LogP contribution in [0.3, 0.4) is 0 Å². The molecule has 0 bridgehead atoms. The molecule has 2 aliphatic heterocycles. The maximum Gasteiger partial charge on any atom is 0.246 e. The van der Waals surface area contributed by atoms with Gasteiger partial charge in [-0.1, -0.05) is 62.4 Å². The Labute approximate surface area is 231 Å². The summed E-state index contributed by atoms with van der Waals surface area (Å²) in [5.74, 6) is 1.14. The molecule has 2 aliphatic rings. The summed E-state index contributed by atoms with van der Waals surface area (Å²) in [5, 5.41) is 3.09. The van der Waals surface area contributed by atoms with E-state index in [1.165, 1.54) is 5.56 Å². The predicted molar refractivity (Wildman–Crippen MR) is 151 cm³/mol. The monoisotopic (exact) mass is 526 g/mol. The summed E-state index contributed by atoms with van der Waals surface area (Å²) in [5.41, 5.74) is 2.31. The number of carbonyl (C=O) groups excluding carboxylic acids is 2. The van der Waals surface area contributed by atoms with Crippen molar-refractivity contribution in [1.29, 1.82) is 0 Å². The smallest absolute Gasteiger partial charge is 0.246 e. The molecule has 0 aliphatic carbocycles. The van der Waals surface area contributed by atoms with Gasteiger partial charge in [0.15, 0.2) is 0 Å². The van der Waals surface area contributed by atoms with Crippen molar-refractivity contribution in [2.45, 2.75) is 64.4 Å². The lowest BCUT2D eigenvalue weighted by molar-refractivity contribution is -0.162. The van der Waals surface area contributed by atoms with Gasteiger partial charge in [-0.3, -0.25) is 19.5 Å². The number of benzene rings is 2. The highest BCUT2D eigenvalue weighted by atomic mass is 16.5. The summed E-state index contributed by atoms with van der Waals surface area (Å²) in [6.07, 6.45) is 3.58. The number of aromatic nitrogens is 1. The normalized spacial score (nSPS) is 19.4. The Morgan fingerprint density at radius 2 is 1.64 bits per heavy atom. The van der Waals surface area contributed by atoms with Gasteiger partial charge < -0.3 is 15.0 Å². The van der Waals surface area contributed by atoms with Crippen LogP contribution in [0.1, 0.15) is 49.9 Å². The Kier molecular flexibility index (Phi) is 8.27. The zero-order valence-electron chi connectivity index (χ0n) is 22.9. The van der Waals surface area contributed by atoms with Crippen molar-refractivity contribution in [3.8, 4) is 5.75 Å². The van der Waals surface area contributed by atoms with Crippen molar-refractivity contribution in [2.24, 2.45) is 5.92 Å². The standard InChI is InChI=1S/C32H38N4O3/c1-24(2)20-29-30(37)36(22-27-10-6-7-17-33-27)32(31(38)34-29)15-18-35(19-16-32)21-25-11-13-28(14-12-25)39-23-26-8-4-3-5-9-26/h3-14,17,24,29H,15-16,18-23H2,1-2H3,(H,34,38). The molecule has 2 aromatic carbocycles. The Balaban J connectivity index is 1.23. The Morgan fingerprint density at radius 1 is 0.923 bits per heavy atom. The zero-order chi connectivity index (χ0) is 27.2. The van der Waals surface area contributed by atoms with Gasteiger partial charge in [0.1, 0.15) is 23.9 Å². The lowest BCUT2D eigenvalue weighted by Gasteiger charge is -2.51. The van der Waals surface area contributed by atoms with Gasteiger partial charge in [0.2, 0.25) is 11.8 Å². The van der Waals surface area contributed by atoms with E-state index in [2.05, 4.69) is 53.3 Å². The number of pyridine rings is 1.